The van der Waals surface area contributed by atoms with E-state index in [-0.39, 0.29) is 5.75 Å². The molecule has 0 amide bonds. The molecular weight excluding hydrogens is 345 g/mol. The van der Waals surface area contributed by atoms with E-state index < -0.39 is 31.9 Å². The van der Waals surface area contributed by atoms with Crippen LogP contribution in [0, 0.1) is 5.41 Å². The average Bonchev–Trinajstić information content (AvgIpc) is 3.08. The summed E-state index contributed by atoms with van der Waals surface area (Å²) in [4.78, 5) is -0.616. The number of hydrogen-bond acceptors (Lipinski definition) is 2. The van der Waals surface area contributed by atoms with Gasteiger partial charge in [-0.05, 0) is 30.4 Å². The highest BCUT2D eigenvalue weighted by Crippen LogP contribution is 2.49. The molecule has 0 aliphatic heterocycles. The standard InChI is InChI=1S/C12H12BrF3O2S/c13-7-11(5-6-11)8-19(17,18)10-4-2-1-3-9(10)12(14,15)16/h1-4H,5-8H2. The minimum Gasteiger partial charge on any atom is -0.224 e. The summed E-state index contributed by atoms with van der Waals surface area (Å²) < 4.78 is 62.9. The van der Waals surface area contributed by atoms with Crippen LogP contribution >= 0.6 is 15.9 Å². The molecule has 0 unspecified atom stereocenters. The molecule has 1 aliphatic rings. The Balaban J connectivity index is 2.41. The molecule has 1 aromatic rings. The summed E-state index contributed by atoms with van der Waals surface area (Å²) in [6.07, 6.45) is -3.20. The van der Waals surface area contributed by atoms with Crippen LogP contribution in [-0.2, 0) is 16.0 Å². The van der Waals surface area contributed by atoms with Crippen molar-refractivity contribution in [2.24, 2.45) is 5.41 Å². The minimum absolute atomic E-state index is 0.238. The highest BCUT2D eigenvalue weighted by atomic mass is 79.9. The lowest BCUT2D eigenvalue weighted by atomic mass is 10.2. The average molecular weight is 357 g/mol. The van der Waals surface area contributed by atoms with Crippen LogP contribution in [0.2, 0.25) is 0 Å². The highest BCUT2D eigenvalue weighted by molar-refractivity contribution is 9.09. The molecule has 1 aliphatic carbocycles. The lowest BCUT2D eigenvalue weighted by Gasteiger charge is -2.16. The molecule has 19 heavy (non-hydrogen) atoms. The number of hydrogen-bond donors (Lipinski definition) is 0. The van der Waals surface area contributed by atoms with E-state index in [1.165, 1.54) is 12.1 Å². The molecule has 1 fully saturated rings. The Morgan fingerprint density at radius 1 is 1.21 bits per heavy atom. The van der Waals surface area contributed by atoms with Crippen molar-refractivity contribution in [3.63, 3.8) is 0 Å². The lowest BCUT2D eigenvalue weighted by Crippen LogP contribution is -2.21. The summed E-state index contributed by atoms with van der Waals surface area (Å²) in [6, 6.07) is 4.35. The van der Waals surface area contributed by atoms with E-state index in [4.69, 9.17) is 0 Å². The lowest BCUT2D eigenvalue weighted by molar-refractivity contribution is -0.139. The molecule has 0 bridgehead atoms. The van der Waals surface area contributed by atoms with Gasteiger partial charge in [0.2, 0.25) is 0 Å². The fourth-order valence-corrected chi connectivity index (χ4v) is 5.12. The van der Waals surface area contributed by atoms with Gasteiger partial charge in [-0.2, -0.15) is 13.2 Å². The first-order valence-electron chi connectivity index (χ1n) is 5.65. The first-order valence-corrected chi connectivity index (χ1v) is 8.43. The molecule has 106 valence electrons. The van der Waals surface area contributed by atoms with Crippen LogP contribution < -0.4 is 0 Å². The Hall–Kier alpha value is -0.560. The number of halogens is 4. The predicted octanol–water partition coefficient (Wildman–Crippen LogP) is 3.65. The van der Waals surface area contributed by atoms with Crippen LogP contribution in [0.3, 0.4) is 0 Å². The number of alkyl halides is 4. The second kappa shape index (κ2) is 4.77. The number of sulfone groups is 1. The molecule has 1 aromatic carbocycles. The van der Waals surface area contributed by atoms with Gasteiger partial charge >= 0.3 is 6.18 Å². The summed E-state index contributed by atoms with van der Waals surface area (Å²) >= 11 is 3.23. The molecule has 0 radical (unpaired) electrons. The largest absolute Gasteiger partial charge is 0.417 e. The van der Waals surface area contributed by atoms with Crippen molar-refractivity contribution in [1.29, 1.82) is 0 Å². The minimum atomic E-state index is -4.66. The maximum atomic E-state index is 12.8. The van der Waals surface area contributed by atoms with Crippen molar-refractivity contribution >= 4 is 25.8 Å². The molecule has 1 saturated carbocycles. The zero-order valence-electron chi connectivity index (χ0n) is 9.87. The third-order valence-electron chi connectivity index (χ3n) is 3.26. The van der Waals surface area contributed by atoms with Crippen molar-refractivity contribution in [2.45, 2.75) is 23.9 Å². The van der Waals surface area contributed by atoms with E-state index >= 15 is 0 Å². The van der Waals surface area contributed by atoms with Crippen LogP contribution in [0.25, 0.3) is 0 Å². The quantitative estimate of drug-likeness (QED) is 0.771. The molecule has 7 heteroatoms. The van der Waals surface area contributed by atoms with Crippen LogP contribution in [0.5, 0.6) is 0 Å². The molecule has 0 heterocycles. The van der Waals surface area contributed by atoms with Gasteiger partial charge in [0.15, 0.2) is 9.84 Å². The van der Waals surface area contributed by atoms with Gasteiger partial charge in [-0.1, -0.05) is 28.1 Å². The first-order chi connectivity index (χ1) is 8.70. The second-order valence-electron chi connectivity index (χ2n) is 4.89. The van der Waals surface area contributed by atoms with Gasteiger partial charge in [0, 0.05) is 5.33 Å². The third-order valence-corrected chi connectivity index (χ3v) is 6.47. The molecule has 0 saturated heterocycles. The van der Waals surface area contributed by atoms with Gasteiger partial charge in [-0.15, -0.1) is 0 Å². The Kier molecular flexibility index (Phi) is 3.72. The van der Waals surface area contributed by atoms with E-state index in [0.29, 0.717) is 5.33 Å². The van der Waals surface area contributed by atoms with E-state index in [1.807, 2.05) is 0 Å². The van der Waals surface area contributed by atoms with Crippen molar-refractivity contribution in [2.75, 3.05) is 11.1 Å². The molecule has 0 atom stereocenters. The molecule has 0 spiro atoms. The molecular formula is C12H12BrF3O2S. The van der Waals surface area contributed by atoms with Crippen LogP contribution in [0.15, 0.2) is 29.2 Å². The Morgan fingerprint density at radius 2 is 1.79 bits per heavy atom. The summed E-state index contributed by atoms with van der Waals surface area (Å²) in [5.74, 6) is -0.238. The van der Waals surface area contributed by atoms with Crippen molar-refractivity contribution in [3.8, 4) is 0 Å². The zero-order chi connectivity index (χ0) is 14.3. The Labute approximate surface area is 118 Å². The maximum absolute atomic E-state index is 12.8. The van der Waals surface area contributed by atoms with Gasteiger partial charge in [0.1, 0.15) is 0 Å². The summed E-state index contributed by atoms with van der Waals surface area (Å²) in [6.45, 7) is 0. The van der Waals surface area contributed by atoms with Crippen molar-refractivity contribution in [3.05, 3.63) is 29.8 Å². The topological polar surface area (TPSA) is 34.1 Å². The molecule has 2 nitrogen and oxygen atoms in total. The SMILES string of the molecule is O=S(=O)(CC1(CBr)CC1)c1ccccc1C(F)(F)F. The molecule has 0 N–H and O–H groups in total. The number of benzene rings is 1. The Bertz CT molecular complexity index is 577. The molecule has 0 aromatic heterocycles. The van der Waals surface area contributed by atoms with Gasteiger partial charge in [0.05, 0.1) is 16.2 Å². The van der Waals surface area contributed by atoms with Gasteiger partial charge in [-0.3, -0.25) is 0 Å². The summed E-state index contributed by atoms with van der Waals surface area (Å²) in [5, 5.41) is 0.493. The van der Waals surface area contributed by atoms with Crippen molar-refractivity contribution in [1.82, 2.24) is 0 Å². The fraction of sp³-hybridized carbons (Fsp3) is 0.500. The molecule has 2 rings (SSSR count). The maximum Gasteiger partial charge on any atom is 0.417 e. The number of rotatable bonds is 4. The second-order valence-corrected chi connectivity index (χ2v) is 7.41. The predicted molar refractivity (Wildman–Crippen MR) is 69.0 cm³/mol. The third kappa shape index (κ3) is 3.13. The van der Waals surface area contributed by atoms with Crippen LogP contribution in [0.1, 0.15) is 18.4 Å². The van der Waals surface area contributed by atoms with Gasteiger partial charge in [0.25, 0.3) is 0 Å². The highest BCUT2D eigenvalue weighted by Gasteiger charge is 2.47. The van der Waals surface area contributed by atoms with E-state index in [2.05, 4.69) is 15.9 Å². The summed E-state index contributed by atoms with van der Waals surface area (Å²) in [5.41, 5.74) is -1.47. The fourth-order valence-electron chi connectivity index (χ4n) is 1.95. The Morgan fingerprint density at radius 3 is 2.26 bits per heavy atom. The zero-order valence-corrected chi connectivity index (χ0v) is 12.3. The van der Waals surface area contributed by atoms with E-state index in [9.17, 15) is 21.6 Å². The normalized spacial score (nSPS) is 18.3. The van der Waals surface area contributed by atoms with Crippen LogP contribution in [-0.4, -0.2) is 19.5 Å². The smallest absolute Gasteiger partial charge is 0.224 e. The van der Waals surface area contributed by atoms with Gasteiger partial charge < -0.3 is 0 Å². The van der Waals surface area contributed by atoms with Crippen molar-refractivity contribution < 1.29 is 21.6 Å². The van der Waals surface area contributed by atoms with Gasteiger partial charge in [-0.25, -0.2) is 8.42 Å². The first kappa shape index (κ1) is 14.8. The summed E-state index contributed by atoms with van der Waals surface area (Å²) in [7, 11) is -3.93. The van der Waals surface area contributed by atoms with E-state index in [1.54, 1.807) is 0 Å². The monoisotopic (exact) mass is 356 g/mol. The van der Waals surface area contributed by atoms with E-state index in [0.717, 1.165) is 25.0 Å². The van der Waals surface area contributed by atoms with Crippen LogP contribution in [0.4, 0.5) is 13.2 Å².